The van der Waals surface area contributed by atoms with Crippen LogP contribution in [0.3, 0.4) is 0 Å². The Kier molecular flexibility index (Phi) is 8.03. The molecule has 0 fully saturated rings. The van der Waals surface area contributed by atoms with E-state index in [9.17, 15) is 9.59 Å². The number of rotatable bonds is 10. The molecule has 2 amide bonds. The molecule has 8 nitrogen and oxygen atoms in total. The van der Waals surface area contributed by atoms with Crippen molar-refractivity contribution in [3.8, 4) is 0 Å². The molecular weight excluding hydrogens is 392 g/mol. The first-order chi connectivity index (χ1) is 15.1. The van der Waals surface area contributed by atoms with E-state index in [1.54, 1.807) is 30.6 Å². The number of fused-ring (bicyclic) bond motifs is 1. The summed E-state index contributed by atoms with van der Waals surface area (Å²) in [4.78, 5) is 34.0. The summed E-state index contributed by atoms with van der Waals surface area (Å²) in [6, 6.07) is 13.7. The quantitative estimate of drug-likeness (QED) is 0.394. The summed E-state index contributed by atoms with van der Waals surface area (Å²) in [7, 11) is 0. The first-order valence-electron chi connectivity index (χ1n) is 10.4. The number of benzene rings is 2. The molecule has 0 aliphatic rings. The summed E-state index contributed by atoms with van der Waals surface area (Å²) in [6.07, 6.45) is 5.41. The van der Waals surface area contributed by atoms with Crippen LogP contribution in [-0.2, 0) is 16.0 Å². The number of hydrogen-bond acceptors (Lipinski definition) is 6. The van der Waals surface area contributed by atoms with E-state index in [2.05, 4.69) is 20.6 Å². The molecule has 0 spiro atoms. The molecule has 0 aliphatic carbocycles. The van der Waals surface area contributed by atoms with Gasteiger partial charge in [-0.2, -0.15) is 0 Å². The predicted molar refractivity (Wildman–Crippen MR) is 121 cm³/mol. The molecule has 1 unspecified atom stereocenters. The smallest absolute Gasteiger partial charge is 0.246 e. The van der Waals surface area contributed by atoms with Gasteiger partial charge < -0.3 is 22.1 Å². The summed E-state index contributed by atoms with van der Waals surface area (Å²) >= 11 is 0. The molecule has 31 heavy (non-hydrogen) atoms. The highest BCUT2D eigenvalue weighted by Crippen LogP contribution is 2.16. The second-order valence-electron chi connectivity index (χ2n) is 7.37. The summed E-state index contributed by atoms with van der Waals surface area (Å²) in [5, 5.41) is 5.68. The van der Waals surface area contributed by atoms with Crippen molar-refractivity contribution in [1.82, 2.24) is 15.3 Å². The number of anilines is 1. The molecule has 0 saturated heterocycles. The van der Waals surface area contributed by atoms with Crippen molar-refractivity contribution in [2.75, 3.05) is 11.9 Å². The van der Waals surface area contributed by atoms with Gasteiger partial charge in [-0.25, -0.2) is 0 Å². The Balaban J connectivity index is 1.71. The Labute approximate surface area is 181 Å². The van der Waals surface area contributed by atoms with Crippen LogP contribution in [0.4, 0.5) is 5.69 Å². The van der Waals surface area contributed by atoms with E-state index in [4.69, 9.17) is 11.5 Å². The highest BCUT2D eigenvalue weighted by molar-refractivity contribution is 5.98. The molecule has 0 radical (unpaired) electrons. The number of amides is 2. The standard InChI is InChI=1S/C23H28N6O2/c24-12-4-7-18(25)22(30)29-20(10-8-16-5-2-1-3-6-16)23(31)28-17-9-11-19-21(15-17)27-14-13-26-19/h1-3,5-6,9,11,13-15,18,20H,4,7-8,10,12,24-25H2,(H,28,31)(H,29,30)/t18?,20-/m1/s1. The maximum Gasteiger partial charge on any atom is 0.246 e. The largest absolute Gasteiger partial charge is 0.343 e. The van der Waals surface area contributed by atoms with Gasteiger partial charge in [0.15, 0.2) is 0 Å². The van der Waals surface area contributed by atoms with Gasteiger partial charge in [0.2, 0.25) is 11.8 Å². The normalized spacial score (nSPS) is 12.8. The molecule has 3 aromatic rings. The summed E-state index contributed by atoms with van der Waals surface area (Å²) in [5.41, 5.74) is 14.5. The minimum absolute atomic E-state index is 0.307. The Morgan fingerprint density at radius 1 is 0.935 bits per heavy atom. The number of aryl methyl sites for hydroxylation is 1. The van der Waals surface area contributed by atoms with Gasteiger partial charge >= 0.3 is 0 Å². The topological polar surface area (TPSA) is 136 Å². The van der Waals surface area contributed by atoms with Crippen molar-refractivity contribution in [3.05, 3.63) is 66.5 Å². The van der Waals surface area contributed by atoms with Crippen molar-refractivity contribution in [2.45, 2.75) is 37.8 Å². The van der Waals surface area contributed by atoms with Crippen molar-refractivity contribution >= 4 is 28.5 Å². The molecule has 1 heterocycles. The zero-order valence-electron chi connectivity index (χ0n) is 17.3. The molecule has 0 bridgehead atoms. The number of nitrogens with one attached hydrogen (secondary N) is 2. The lowest BCUT2D eigenvalue weighted by Gasteiger charge is -2.21. The molecule has 1 aromatic heterocycles. The van der Waals surface area contributed by atoms with Gasteiger partial charge in [0.05, 0.1) is 17.1 Å². The van der Waals surface area contributed by atoms with Gasteiger partial charge in [-0.05, 0) is 56.0 Å². The minimum atomic E-state index is -0.728. The van der Waals surface area contributed by atoms with Crippen LogP contribution < -0.4 is 22.1 Å². The molecule has 0 saturated carbocycles. The van der Waals surface area contributed by atoms with Crippen LogP contribution in [-0.4, -0.2) is 40.4 Å². The minimum Gasteiger partial charge on any atom is -0.343 e. The molecular formula is C23H28N6O2. The third kappa shape index (κ3) is 6.56. The van der Waals surface area contributed by atoms with Crippen molar-refractivity contribution in [2.24, 2.45) is 11.5 Å². The van der Waals surface area contributed by atoms with Gasteiger partial charge in [-0.15, -0.1) is 0 Å². The predicted octanol–water partition coefficient (Wildman–Crippen LogP) is 1.75. The van der Waals surface area contributed by atoms with Gasteiger partial charge in [-0.1, -0.05) is 30.3 Å². The Morgan fingerprint density at radius 2 is 1.68 bits per heavy atom. The van der Waals surface area contributed by atoms with Crippen LogP contribution in [0.15, 0.2) is 60.9 Å². The van der Waals surface area contributed by atoms with E-state index in [0.29, 0.717) is 43.4 Å². The Bertz CT molecular complexity index is 1010. The maximum absolute atomic E-state index is 13.0. The van der Waals surface area contributed by atoms with E-state index in [1.165, 1.54) is 0 Å². The van der Waals surface area contributed by atoms with E-state index in [0.717, 1.165) is 11.1 Å². The zero-order valence-corrected chi connectivity index (χ0v) is 17.3. The van der Waals surface area contributed by atoms with E-state index in [-0.39, 0.29) is 11.8 Å². The van der Waals surface area contributed by atoms with Crippen LogP contribution in [0.5, 0.6) is 0 Å². The monoisotopic (exact) mass is 420 g/mol. The Morgan fingerprint density at radius 3 is 2.42 bits per heavy atom. The highest BCUT2D eigenvalue weighted by Gasteiger charge is 2.23. The third-order valence-corrected chi connectivity index (χ3v) is 4.99. The fraction of sp³-hybridized carbons (Fsp3) is 0.304. The first kappa shape index (κ1) is 22.3. The average Bonchev–Trinajstić information content (AvgIpc) is 2.80. The zero-order chi connectivity index (χ0) is 22.1. The summed E-state index contributed by atoms with van der Waals surface area (Å²) in [6.45, 7) is 0.462. The van der Waals surface area contributed by atoms with Gasteiger partial charge in [0, 0.05) is 18.1 Å². The van der Waals surface area contributed by atoms with Crippen LogP contribution in [0.25, 0.3) is 11.0 Å². The average molecular weight is 421 g/mol. The van der Waals surface area contributed by atoms with Gasteiger partial charge in [0.1, 0.15) is 6.04 Å². The van der Waals surface area contributed by atoms with Crippen molar-refractivity contribution in [1.29, 1.82) is 0 Å². The lowest BCUT2D eigenvalue weighted by Crippen LogP contribution is -2.50. The number of carbonyl (C=O) groups is 2. The summed E-state index contributed by atoms with van der Waals surface area (Å²) < 4.78 is 0. The molecule has 8 heteroatoms. The van der Waals surface area contributed by atoms with E-state index < -0.39 is 12.1 Å². The highest BCUT2D eigenvalue weighted by atomic mass is 16.2. The number of aromatic nitrogens is 2. The second-order valence-corrected chi connectivity index (χ2v) is 7.37. The van der Waals surface area contributed by atoms with Crippen LogP contribution >= 0.6 is 0 Å². The fourth-order valence-corrected chi connectivity index (χ4v) is 3.24. The maximum atomic E-state index is 13.0. The van der Waals surface area contributed by atoms with Crippen LogP contribution in [0.1, 0.15) is 24.8 Å². The number of nitrogens with two attached hydrogens (primary N) is 2. The molecule has 2 atom stereocenters. The lowest BCUT2D eigenvalue weighted by molar-refractivity contribution is -0.127. The number of nitrogens with zero attached hydrogens (tertiary/aromatic N) is 2. The fourth-order valence-electron chi connectivity index (χ4n) is 3.24. The van der Waals surface area contributed by atoms with Gasteiger partial charge in [0.25, 0.3) is 0 Å². The number of carbonyl (C=O) groups excluding carboxylic acids is 2. The lowest BCUT2D eigenvalue weighted by atomic mass is 10.0. The molecule has 6 N–H and O–H groups in total. The molecule has 162 valence electrons. The molecule has 2 aromatic carbocycles. The van der Waals surface area contributed by atoms with Gasteiger partial charge in [-0.3, -0.25) is 19.6 Å². The van der Waals surface area contributed by atoms with Crippen molar-refractivity contribution < 1.29 is 9.59 Å². The third-order valence-electron chi connectivity index (χ3n) is 4.99. The second kappa shape index (κ2) is 11.1. The van der Waals surface area contributed by atoms with Crippen LogP contribution in [0.2, 0.25) is 0 Å². The first-order valence-corrected chi connectivity index (χ1v) is 10.4. The van der Waals surface area contributed by atoms with Crippen molar-refractivity contribution in [3.63, 3.8) is 0 Å². The Hall–Kier alpha value is -3.36. The van der Waals surface area contributed by atoms with E-state index in [1.807, 2.05) is 30.3 Å². The SMILES string of the molecule is NCCCC(N)C(=O)N[C@H](CCc1ccccc1)C(=O)Nc1ccc2nccnc2c1. The van der Waals surface area contributed by atoms with E-state index >= 15 is 0 Å². The molecule has 3 rings (SSSR count). The number of hydrogen-bond donors (Lipinski definition) is 4. The molecule has 0 aliphatic heterocycles. The van der Waals surface area contributed by atoms with Crippen LogP contribution in [0, 0.1) is 0 Å². The summed E-state index contributed by atoms with van der Waals surface area (Å²) in [5.74, 6) is -0.662.